The third-order valence-electron chi connectivity index (χ3n) is 4.12. The normalized spacial score (nSPS) is 23.1. The van der Waals surface area contributed by atoms with Gasteiger partial charge in [0.05, 0.1) is 0 Å². The largest absolute Gasteiger partial charge is 0.397 e. The Hall–Kier alpha value is -1.35. The number of allylic oxidation sites excluding steroid dienone is 2. The highest BCUT2D eigenvalue weighted by Gasteiger charge is 2.53. The second-order valence-corrected chi connectivity index (χ2v) is 11.7. The van der Waals surface area contributed by atoms with Crippen molar-refractivity contribution in [2.45, 2.75) is 37.5 Å². The SMILES string of the molecule is CC(C)(C)O[Si]1(Cl)[C@@H](c2ccccc2)C=C[C@@H]1c1ccccc1. The van der Waals surface area contributed by atoms with Crippen molar-refractivity contribution < 1.29 is 4.43 Å². The summed E-state index contributed by atoms with van der Waals surface area (Å²) in [6.45, 7) is 6.27. The third-order valence-corrected chi connectivity index (χ3v) is 9.44. The van der Waals surface area contributed by atoms with Gasteiger partial charge in [0.15, 0.2) is 0 Å². The lowest BCUT2D eigenvalue weighted by Crippen LogP contribution is -2.47. The van der Waals surface area contributed by atoms with Crippen molar-refractivity contribution in [3.05, 3.63) is 83.9 Å². The van der Waals surface area contributed by atoms with Crippen molar-refractivity contribution in [2.75, 3.05) is 0 Å². The van der Waals surface area contributed by atoms with Crippen LogP contribution in [-0.4, -0.2) is 13.2 Å². The standard InChI is InChI=1S/C20H23ClOSi/c1-20(2,3)22-23(21)18(16-10-6-4-7-11-16)14-15-19(23)17-12-8-5-9-13-17/h4-15,18-19H,1-3H3/t18-,19-/m1/s1. The van der Waals surface area contributed by atoms with Crippen molar-refractivity contribution in [1.82, 2.24) is 0 Å². The number of benzene rings is 2. The van der Waals surface area contributed by atoms with Crippen molar-refractivity contribution >= 4 is 18.7 Å². The van der Waals surface area contributed by atoms with Gasteiger partial charge in [-0.3, -0.25) is 0 Å². The van der Waals surface area contributed by atoms with Crippen LogP contribution >= 0.6 is 11.1 Å². The predicted molar refractivity (Wildman–Crippen MR) is 100.0 cm³/mol. The summed E-state index contributed by atoms with van der Waals surface area (Å²) in [6, 6.07) is 21.0. The van der Waals surface area contributed by atoms with E-state index in [4.69, 9.17) is 15.5 Å². The third kappa shape index (κ3) is 3.45. The lowest BCUT2D eigenvalue weighted by atomic mass is 10.1. The monoisotopic (exact) mass is 342 g/mol. The summed E-state index contributed by atoms with van der Waals surface area (Å²) < 4.78 is 6.56. The maximum absolute atomic E-state index is 7.31. The summed E-state index contributed by atoms with van der Waals surface area (Å²) in [5.74, 6) is 0. The summed E-state index contributed by atoms with van der Waals surface area (Å²) in [6.07, 6.45) is 4.50. The average molecular weight is 343 g/mol. The van der Waals surface area contributed by atoms with Crippen molar-refractivity contribution in [3.8, 4) is 0 Å². The molecule has 0 spiro atoms. The summed E-state index contributed by atoms with van der Waals surface area (Å²) in [5, 5.41) is 0. The number of rotatable bonds is 3. The van der Waals surface area contributed by atoms with E-state index in [2.05, 4.69) is 81.5 Å². The van der Waals surface area contributed by atoms with Gasteiger partial charge in [0, 0.05) is 16.7 Å². The molecule has 0 saturated carbocycles. The quantitative estimate of drug-likeness (QED) is 0.395. The Kier molecular flexibility index (Phi) is 4.50. The Bertz CT molecular complexity index is 626. The van der Waals surface area contributed by atoms with E-state index in [-0.39, 0.29) is 16.7 Å². The molecule has 0 bridgehead atoms. The lowest BCUT2D eigenvalue weighted by molar-refractivity contribution is 0.120. The molecule has 1 aliphatic heterocycles. The van der Waals surface area contributed by atoms with E-state index in [0.717, 1.165) is 0 Å². The Balaban J connectivity index is 2.03. The first-order valence-electron chi connectivity index (χ1n) is 8.07. The van der Waals surface area contributed by atoms with Crippen LogP contribution in [0, 0.1) is 0 Å². The first-order valence-corrected chi connectivity index (χ1v) is 11.1. The van der Waals surface area contributed by atoms with Gasteiger partial charge in [-0.1, -0.05) is 72.8 Å². The highest BCUT2D eigenvalue weighted by Crippen LogP contribution is 2.49. The van der Waals surface area contributed by atoms with Gasteiger partial charge in [-0.05, 0) is 31.9 Å². The first-order chi connectivity index (χ1) is 10.9. The number of hydrogen-bond acceptors (Lipinski definition) is 1. The van der Waals surface area contributed by atoms with Gasteiger partial charge in [0.1, 0.15) is 0 Å². The van der Waals surface area contributed by atoms with Gasteiger partial charge in [-0.2, -0.15) is 0 Å². The highest BCUT2D eigenvalue weighted by molar-refractivity contribution is 7.18. The Labute approximate surface area is 144 Å². The van der Waals surface area contributed by atoms with Gasteiger partial charge in [-0.25, -0.2) is 0 Å². The molecule has 120 valence electrons. The smallest absolute Gasteiger partial charge is 0.312 e. The molecule has 1 nitrogen and oxygen atoms in total. The minimum Gasteiger partial charge on any atom is -0.397 e. The fourth-order valence-electron chi connectivity index (χ4n) is 3.27. The van der Waals surface area contributed by atoms with Crippen molar-refractivity contribution in [2.24, 2.45) is 0 Å². The van der Waals surface area contributed by atoms with Crippen LogP contribution in [0.2, 0.25) is 0 Å². The minimum atomic E-state index is -2.60. The van der Waals surface area contributed by atoms with E-state index >= 15 is 0 Å². The maximum Gasteiger partial charge on any atom is 0.312 e. The lowest BCUT2D eigenvalue weighted by Gasteiger charge is -2.38. The van der Waals surface area contributed by atoms with Gasteiger partial charge in [0.2, 0.25) is 0 Å². The van der Waals surface area contributed by atoms with E-state index in [0.29, 0.717) is 0 Å². The Morgan fingerprint density at radius 3 is 1.52 bits per heavy atom. The van der Waals surface area contributed by atoms with Crippen LogP contribution in [0.15, 0.2) is 72.8 Å². The van der Waals surface area contributed by atoms with E-state index in [1.165, 1.54) is 11.1 Å². The molecule has 23 heavy (non-hydrogen) atoms. The van der Waals surface area contributed by atoms with Crippen LogP contribution < -0.4 is 0 Å². The molecule has 3 rings (SSSR count). The molecule has 2 atom stereocenters. The molecular weight excluding hydrogens is 320 g/mol. The molecule has 0 fully saturated rings. The predicted octanol–water partition coefficient (Wildman–Crippen LogP) is 5.70. The molecule has 0 radical (unpaired) electrons. The second kappa shape index (κ2) is 6.27. The topological polar surface area (TPSA) is 9.23 Å². The minimum absolute atomic E-state index is 0.162. The molecule has 0 unspecified atom stereocenters. The Morgan fingerprint density at radius 2 is 1.17 bits per heavy atom. The molecule has 2 aromatic rings. The van der Waals surface area contributed by atoms with Gasteiger partial charge >= 0.3 is 7.63 Å². The average Bonchev–Trinajstić information content (AvgIpc) is 2.83. The molecule has 0 amide bonds. The van der Waals surface area contributed by atoms with Crippen LogP contribution in [0.25, 0.3) is 0 Å². The summed E-state index contributed by atoms with van der Waals surface area (Å²) in [5.41, 5.74) is 2.55. The van der Waals surface area contributed by atoms with Crippen LogP contribution in [0.3, 0.4) is 0 Å². The van der Waals surface area contributed by atoms with Crippen LogP contribution in [0.1, 0.15) is 43.0 Å². The zero-order valence-corrected chi connectivity index (χ0v) is 15.6. The molecule has 0 N–H and O–H groups in total. The second-order valence-electron chi connectivity index (χ2n) is 7.07. The molecule has 3 heteroatoms. The number of hydrogen-bond donors (Lipinski definition) is 0. The zero-order chi connectivity index (χ0) is 16.5. The summed E-state index contributed by atoms with van der Waals surface area (Å²) in [4.78, 5) is 0. The van der Waals surface area contributed by atoms with Gasteiger partial charge in [0.25, 0.3) is 0 Å². The van der Waals surface area contributed by atoms with Crippen LogP contribution in [-0.2, 0) is 4.43 Å². The Morgan fingerprint density at radius 1 is 0.783 bits per heavy atom. The summed E-state index contributed by atoms with van der Waals surface area (Å²) >= 11 is 7.31. The van der Waals surface area contributed by atoms with E-state index in [1.807, 2.05) is 12.1 Å². The molecule has 0 saturated heterocycles. The molecule has 0 aliphatic carbocycles. The van der Waals surface area contributed by atoms with Crippen molar-refractivity contribution in [1.29, 1.82) is 0 Å². The molecule has 1 heterocycles. The van der Waals surface area contributed by atoms with E-state index in [9.17, 15) is 0 Å². The van der Waals surface area contributed by atoms with Crippen LogP contribution in [0.5, 0.6) is 0 Å². The molecular formula is C20H23ClOSi. The zero-order valence-electron chi connectivity index (χ0n) is 13.9. The highest BCUT2D eigenvalue weighted by atomic mass is 35.6. The molecule has 2 aromatic carbocycles. The van der Waals surface area contributed by atoms with Crippen LogP contribution in [0.4, 0.5) is 0 Å². The summed E-state index contributed by atoms with van der Waals surface area (Å²) in [7, 11) is -2.60. The molecule has 1 aliphatic rings. The first kappa shape index (κ1) is 16.5. The fraction of sp³-hybridized carbons (Fsp3) is 0.300. The maximum atomic E-state index is 7.31. The van der Waals surface area contributed by atoms with Crippen molar-refractivity contribution in [3.63, 3.8) is 0 Å². The van der Waals surface area contributed by atoms with E-state index < -0.39 is 7.63 Å². The fourth-order valence-corrected chi connectivity index (χ4v) is 8.78. The van der Waals surface area contributed by atoms with Gasteiger partial charge < -0.3 is 4.43 Å². The number of halogens is 1. The molecule has 0 aromatic heterocycles. The van der Waals surface area contributed by atoms with E-state index in [1.54, 1.807) is 0 Å². The van der Waals surface area contributed by atoms with Gasteiger partial charge in [-0.15, -0.1) is 11.1 Å².